The van der Waals surface area contributed by atoms with Gasteiger partial charge in [-0.2, -0.15) is 5.01 Å². The Labute approximate surface area is 210 Å². The Morgan fingerprint density at radius 2 is 1.56 bits per heavy atom. The number of imide groups is 1. The van der Waals surface area contributed by atoms with E-state index in [4.69, 9.17) is 11.6 Å². The summed E-state index contributed by atoms with van der Waals surface area (Å²) >= 11 is 6.25. The van der Waals surface area contributed by atoms with Crippen LogP contribution in [0.15, 0.2) is 60.7 Å². The summed E-state index contributed by atoms with van der Waals surface area (Å²) in [6.07, 6.45) is 5.05. The van der Waals surface area contributed by atoms with Crippen LogP contribution in [0.4, 0.5) is 5.69 Å². The molecule has 0 spiro atoms. The Morgan fingerprint density at radius 1 is 0.972 bits per heavy atom. The molecule has 3 amide bonds. The number of amides is 3. The minimum absolute atomic E-state index is 0.0471. The van der Waals surface area contributed by atoms with E-state index in [1.165, 1.54) is 36.4 Å². The second-order valence-corrected chi connectivity index (χ2v) is 10.1. The number of hydrazine groups is 1. The first-order chi connectivity index (χ1) is 17.3. The van der Waals surface area contributed by atoms with Gasteiger partial charge in [0, 0.05) is 17.7 Å². The van der Waals surface area contributed by atoms with E-state index in [0.717, 1.165) is 16.4 Å². The Kier molecular flexibility index (Phi) is 5.08. The molecule has 1 aliphatic heterocycles. The monoisotopic (exact) mass is 505 g/mol. The van der Waals surface area contributed by atoms with Crippen molar-refractivity contribution in [3.63, 3.8) is 0 Å². The number of rotatable bonds is 6. The molecular formula is C26H20ClN3O6. The lowest BCUT2D eigenvalue weighted by molar-refractivity contribution is -0.384. The van der Waals surface area contributed by atoms with Gasteiger partial charge in [0.2, 0.25) is 0 Å². The SMILES string of the molecule is O=C(CN(C(=O)c1ccccc1Cl)N1C(=O)[C@@H]2[C@H]3C=C[C@@H]([C@@H]4C[C@@H]34)[C@@H]2C1=O)c1ccc([N+](=O)[O-])cc1. The highest BCUT2D eigenvalue weighted by molar-refractivity contribution is 6.34. The average molecular weight is 506 g/mol. The standard InChI is InChI=1S/C26H20ClN3O6/c27-20-4-2-1-3-17(20)24(32)28(12-21(31)13-5-7-14(8-6-13)30(35)36)29-25(33)22-15-9-10-16(19-11-18(15)19)23(22)26(29)34/h1-10,15-16,18-19,22-23H,11-12H2/t15-,16-,18-,19-,22-,23+/m0/s1. The molecule has 0 radical (unpaired) electrons. The number of hydrogen-bond acceptors (Lipinski definition) is 6. The molecule has 0 unspecified atom stereocenters. The normalized spacial score (nSPS) is 29.1. The summed E-state index contributed by atoms with van der Waals surface area (Å²) in [6.45, 7) is -0.603. The van der Waals surface area contributed by atoms with Crippen LogP contribution in [0.1, 0.15) is 27.1 Å². The molecule has 3 fully saturated rings. The molecule has 7 rings (SSSR count). The highest BCUT2D eigenvalue weighted by Crippen LogP contribution is 2.65. The van der Waals surface area contributed by atoms with Crippen LogP contribution in [0, 0.1) is 45.6 Å². The van der Waals surface area contributed by atoms with Gasteiger partial charge in [-0.3, -0.25) is 29.3 Å². The largest absolute Gasteiger partial charge is 0.292 e. The smallest absolute Gasteiger partial charge is 0.274 e. The topological polar surface area (TPSA) is 118 Å². The van der Waals surface area contributed by atoms with Gasteiger partial charge in [-0.25, -0.2) is 5.01 Å². The average Bonchev–Trinajstić information content (AvgIpc) is 3.66. The summed E-state index contributed by atoms with van der Waals surface area (Å²) in [5.41, 5.74) is -0.0294. The number of Topliss-reactive ketones (excluding diaryl/α,β-unsaturated/α-hetero) is 1. The molecule has 1 saturated heterocycles. The maximum atomic E-state index is 13.7. The van der Waals surface area contributed by atoms with Crippen molar-refractivity contribution in [2.24, 2.45) is 35.5 Å². The molecule has 2 aromatic rings. The van der Waals surface area contributed by atoms with E-state index in [0.29, 0.717) is 11.8 Å². The number of non-ortho nitro benzene ring substituents is 1. The number of nitro benzene ring substituents is 1. The van der Waals surface area contributed by atoms with Gasteiger partial charge < -0.3 is 0 Å². The van der Waals surface area contributed by atoms with E-state index < -0.39 is 46.8 Å². The zero-order valence-electron chi connectivity index (χ0n) is 18.8. The highest BCUT2D eigenvalue weighted by atomic mass is 35.5. The third-order valence-corrected chi connectivity index (χ3v) is 8.24. The van der Waals surface area contributed by atoms with Gasteiger partial charge in [0.15, 0.2) is 5.78 Å². The predicted molar refractivity (Wildman–Crippen MR) is 126 cm³/mol. The first-order valence-corrected chi connectivity index (χ1v) is 12.1. The summed E-state index contributed by atoms with van der Waals surface area (Å²) in [5, 5.41) is 12.8. The van der Waals surface area contributed by atoms with Gasteiger partial charge >= 0.3 is 0 Å². The van der Waals surface area contributed by atoms with Gasteiger partial charge in [-0.15, -0.1) is 0 Å². The van der Waals surface area contributed by atoms with Crippen molar-refractivity contribution in [1.29, 1.82) is 0 Å². The summed E-state index contributed by atoms with van der Waals surface area (Å²) in [7, 11) is 0. The molecule has 2 bridgehead atoms. The number of nitrogens with zero attached hydrogens (tertiary/aromatic N) is 3. The number of halogens is 1. The van der Waals surface area contributed by atoms with Crippen LogP contribution < -0.4 is 0 Å². The summed E-state index contributed by atoms with van der Waals surface area (Å²) in [6, 6.07) is 11.1. The van der Waals surface area contributed by atoms with E-state index in [2.05, 4.69) is 0 Å². The number of hydrogen-bond donors (Lipinski definition) is 0. The van der Waals surface area contributed by atoms with Crippen molar-refractivity contribution in [2.75, 3.05) is 6.54 Å². The number of ketones is 1. The van der Waals surface area contributed by atoms with Crippen molar-refractivity contribution in [3.8, 4) is 0 Å². The molecular weight excluding hydrogens is 486 g/mol. The molecule has 36 heavy (non-hydrogen) atoms. The summed E-state index contributed by atoms with van der Waals surface area (Å²) in [4.78, 5) is 64.5. The van der Waals surface area contributed by atoms with Crippen LogP contribution in [0.2, 0.25) is 5.02 Å². The first kappa shape index (κ1) is 22.6. The lowest BCUT2D eigenvalue weighted by Gasteiger charge is -2.37. The van der Waals surface area contributed by atoms with Crippen LogP contribution >= 0.6 is 11.6 Å². The fraction of sp³-hybridized carbons (Fsp3) is 0.308. The van der Waals surface area contributed by atoms with Crippen molar-refractivity contribution in [1.82, 2.24) is 10.0 Å². The van der Waals surface area contributed by atoms with Crippen molar-refractivity contribution in [2.45, 2.75) is 6.42 Å². The number of benzene rings is 2. The summed E-state index contributed by atoms with van der Waals surface area (Å²) in [5.74, 6) is -2.72. The minimum atomic E-state index is -0.748. The maximum absolute atomic E-state index is 13.7. The van der Waals surface area contributed by atoms with E-state index in [-0.39, 0.29) is 33.7 Å². The van der Waals surface area contributed by atoms with Crippen LogP contribution in [-0.2, 0) is 9.59 Å². The Balaban J connectivity index is 1.36. The molecule has 5 aliphatic rings. The van der Waals surface area contributed by atoms with Gasteiger partial charge in [0.25, 0.3) is 23.4 Å². The quantitative estimate of drug-likeness (QED) is 0.195. The third kappa shape index (κ3) is 3.30. The van der Waals surface area contributed by atoms with E-state index >= 15 is 0 Å². The molecule has 10 heteroatoms. The van der Waals surface area contributed by atoms with Crippen LogP contribution in [-0.4, -0.2) is 45.0 Å². The van der Waals surface area contributed by atoms with Gasteiger partial charge in [0.1, 0.15) is 6.54 Å². The fourth-order valence-corrected chi connectivity index (χ4v) is 6.40. The maximum Gasteiger partial charge on any atom is 0.274 e. The third-order valence-electron chi connectivity index (χ3n) is 7.91. The fourth-order valence-electron chi connectivity index (χ4n) is 6.18. The number of carbonyl (C=O) groups excluding carboxylic acids is 4. The second-order valence-electron chi connectivity index (χ2n) is 9.71. The molecule has 1 heterocycles. The number of carbonyl (C=O) groups is 4. The lowest BCUT2D eigenvalue weighted by Crippen LogP contribution is -2.52. The lowest BCUT2D eigenvalue weighted by atomic mass is 9.63. The molecule has 0 aromatic heterocycles. The summed E-state index contributed by atoms with van der Waals surface area (Å²) < 4.78 is 0. The minimum Gasteiger partial charge on any atom is -0.292 e. The molecule has 182 valence electrons. The highest BCUT2D eigenvalue weighted by Gasteiger charge is 2.68. The molecule has 4 aliphatic carbocycles. The van der Waals surface area contributed by atoms with E-state index in [1.807, 2.05) is 12.2 Å². The molecule has 0 N–H and O–H groups in total. The van der Waals surface area contributed by atoms with Crippen molar-refractivity contribution >= 4 is 40.8 Å². The molecule has 2 saturated carbocycles. The Bertz CT molecular complexity index is 1340. The first-order valence-electron chi connectivity index (χ1n) is 11.7. The number of allylic oxidation sites excluding steroid dienone is 2. The van der Waals surface area contributed by atoms with E-state index in [9.17, 15) is 29.3 Å². The van der Waals surface area contributed by atoms with Crippen LogP contribution in [0.3, 0.4) is 0 Å². The number of nitro groups is 1. The van der Waals surface area contributed by atoms with Crippen LogP contribution in [0.25, 0.3) is 0 Å². The van der Waals surface area contributed by atoms with E-state index in [1.54, 1.807) is 12.1 Å². The zero-order chi connectivity index (χ0) is 25.3. The van der Waals surface area contributed by atoms with Gasteiger partial charge in [-0.1, -0.05) is 35.9 Å². The van der Waals surface area contributed by atoms with Gasteiger partial charge in [-0.05, 0) is 54.4 Å². The predicted octanol–water partition coefficient (Wildman–Crippen LogP) is 3.54. The van der Waals surface area contributed by atoms with Crippen molar-refractivity contribution < 1.29 is 24.1 Å². The van der Waals surface area contributed by atoms with Crippen LogP contribution in [0.5, 0.6) is 0 Å². The Morgan fingerprint density at radius 3 is 2.11 bits per heavy atom. The second kappa shape index (κ2) is 8.09. The van der Waals surface area contributed by atoms with Crippen molar-refractivity contribution in [3.05, 3.63) is 86.9 Å². The van der Waals surface area contributed by atoms with Gasteiger partial charge in [0.05, 0.1) is 27.3 Å². The molecule has 9 nitrogen and oxygen atoms in total. The Hall–Kier alpha value is -3.85. The molecule has 2 aromatic carbocycles. The zero-order valence-corrected chi connectivity index (χ0v) is 19.6. The molecule has 6 atom stereocenters.